The van der Waals surface area contributed by atoms with Crippen LogP contribution in [0.25, 0.3) is 0 Å². The number of rotatable bonds is 1. The number of carbonyl (C=O) groups excluding carboxylic acids is 3. The predicted octanol–water partition coefficient (Wildman–Crippen LogP) is 1.62. The Morgan fingerprint density at radius 2 is 1.47 bits per heavy atom. The van der Waals surface area contributed by atoms with Crippen molar-refractivity contribution in [3.8, 4) is 0 Å². The van der Waals surface area contributed by atoms with E-state index in [1.807, 2.05) is 0 Å². The third kappa shape index (κ3) is 9.26. The largest absolute Gasteiger partial charge is 0.455 e. The van der Waals surface area contributed by atoms with Gasteiger partial charge in [0, 0.05) is 5.41 Å². The summed E-state index contributed by atoms with van der Waals surface area (Å²) in [6, 6.07) is 0. The molecular weight excluding hydrogens is 226 g/mol. The van der Waals surface area contributed by atoms with Crippen LogP contribution in [-0.2, 0) is 19.1 Å². The van der Waals surface area contributed by atoms with E-state index in [2.05, 4.69) is 5.16 Å². The van der Waals surface area contributed by atoms with E-state index in [-0.39, 0.29) is 11.9 Å². The summed E-state index contributed by atoms with van der Waals surface area (Å²) in [7, 11) is 0. The van der Waals surface area contributed by atoms with E-state index in [0.29, 0.717) is 0 Å². The van der Waals surface area contributed by atoms with Gasteiger partial charge >= 0.3 is 12.1 Å². The van der Waals surface area contributed by atoms with Crippen molar-refractivity contribution in [2.24, 2.45) is 10.6 Å². The fourth-order valence-electron chi connectivity index (χ4n) is 0.823. The molecule has 0 aromatic carbocycles. The summed E-state index contributed by atoms with van der Waals surface area (Å²) in [4.78, 5) is 27.8. The predicted molar refractivity (Wildman–Crippen MR) is 59.5 cm³/mol. The Morgan fingerprint density at radius 1 is 1.12 bits per heavy atom. The highest BCUT2D eigenvalue weighted by molar-refractivity contribution is 6.38. The van der Waals surface area contributed by atoms with Crippen molar-refractivity contribution in [3.05, 3.63) is 0 Å². The van der Waals surface area contributed by atoms with E-state index in [9.17, 15) is 4.79 Å². The van der Waals surface area contributed by atoms with Crippen molar-refractivity contribution in [2.45, 2.75) is 47.1 Å². The molecule has 0 aliphatic rings. The summed E-state index contributed by atoms with van der Waals surface area (Å²) in [5.74, 6) is -0.576. The van der Waals surface area contributed by atoms with Gasteiger partial charge in [-0.1, -0.05) is 25.9 Å². The second kappa shape index (κ2) is 6.81. The first-order valence-corrected chi connectivity index (χ1v) is 4.94. The highest BCUT2D eigenvalue weighted by atomic mass is 16.6. The Balaban J connectivity index is 0. The molecule has 0 atom stereocenters. The van der Waals surface area contributed by atoms with Crippen molar-refractivity contribution >= 4 is 17.8 Å². The van der Waals surface area contributed by atoms with Crippen LogP contribution in [0.1, 0.15) is 41.5 Å². The van der Waals surface area contributed by atoms with Gasteiger partial charge < -0.3 is 9.94 Å². The molecule has 98 valence electrons. The maximum absolute atomic E-state index is 11.5. The molecule has 0 amide bonds. The lowest BCUT2D eigenvalue weighted by molar-refractivity contribution is -0.191. The molecule has 0 fully saturated rings. The lowest BCUT2D eigenvalue weighted by Gasteiger charge is -2.24. The lowest BCUT2D eigenvalue weighted by Crippen LogP contribution is -2.35. The molecule has 0 heterocycles. The van der Waals surface area contributed by atoms with Crippen molar-refractivity contribution in [3.63, 3.8) is 0 Å². The Kier molecular flexibility index (Phi) is 7.09. The van der Waals surface area contributed by atoms with E-state index in [4.69, 9.17) is 19.5 Å². The quantitative estimate of drug-likeness (QED) is 0.328. The zero-order chi connectivity index (χ0) is 14.3. The molecule has 6 heteroatoms. The molecule has 0 saturated carbocycles. The summed E-state index contributed by atoms with van der Waals surface area (Å²) < 4.78 is 5.09. The highest BCUT2D eigenvalue weighted by Gasteiger charge is 2.30. The highest BCUT2D eigenvalue weighted by Crippen LogP contribution is 2.19. The van der Waals surface area contributed by atoms with E-state index in [1.54, 1.807) is 41.5 Å². The van der Waals surface area contributed by atoms with Gasteiger partial charge in [0.25, 0.3) is 0 Å². The first kappa shape index (κ1) is 17.7. The zero-order valence-electron chi connectivity index (χ0n) is 11.0. The van der Waals surface area contributed by atoms with Gasteiger partial charge in [-0.05, 0) is 20.8 Å². The number of nitrogens with zero attached hydrogens (tertiary/aromatic N) is 1. The van der Waals surface area contributed by atoms with Crippen molar-refractivity contribution in [1.29, 1.82) is 0 Å². The average Bonchev–Trinajstić information content (AvgIpc) is 1.99. The zero-order valence-corrected chi connectivity index (χ0v) is 11.0. The summed E-state index contributed by atoms with van der Waals surface area (Å²) in [5.41, 5.74) is -1.05. The van der Waals surface area contributed by atoms with Gasteiger partial charge in [-0.15, -0.1) is 0 Å². The van der Waals surface area contributed by atoms with Gasteiger partial charge in [-0.3, -0.25) is 0 Å². The van der Waals surface area contributed by atoms with Crippen LogP contribution in [0.5, 0.6) is 0 Å². The summed E-state index contributed by atoms with van der Waals surface area (Å²) in [6.07, 6.45) is 0.250. The average molecular weight is 245 g/mol. The molecule has 0 saturated heterocycles. The maximum Gasteiger partial charge on any atom is 0.373 e. The van der Waals surface area contributed by atoms with Gasteiger partial charge in [0.15, 0.2) is 5.71 Å². The smallest absolute Gasteiger partial charge is 0.373 e. The first-order valence-electron chi connectivity index (χ1n) is 4.94. The third-order valence-corrected chi connectivity index (χ3v) is 1.40. The number of esters is 1. The SMILES string of the molecule is CC(C)(C)OC(=O)/C(=N\O)C(C)(C)C.O=C=O. The fraction of sp³-hybridized carbons (Fsp3) is 0.727. The van der Waals surface area contributed by atoms with Gasteiger partial charge in [0.05, 0.1) is 0 Å². The minimum Gasteiger partial charge on any atom is -0.455 e. The summed E-state index contributed by atoms with van der Waals surface area (Å²) in [5, 5.41) is 11.7. The molecule has 0 aromatic rings. The molecule has 1 N–H and O–H groups in total. The van der Waals surface area contributed by atoms with Crippen molar-refractivity contribution < 1.29 is 24.3 Å². The minimum atomic E-state index is -0.576. The number of oxime groups is 1. The van der Waals surface area contributed by atoms with Crippen LogP contribution < -0.4 is 0 Å². The first-order chi connectivity index (χ1) is 7.49. The van der Waals surface area contributed by atoms with Crippen molar-refractivity contribution in [1.82, 2.24) is 0 Å². The second-order valence-electron chi connectivity index (χ2n) is 5.28. The van der Waals surface area contributed by atoms with Gasteiger partial charge in [0.2, 0.25) is 0 Å². The van der Waals surface area contributed by atoms with Gasteiger partial charge in [0.1, 0.15) is 5.60 Å². The number of hydrogen-bond donors (Lipinski definition) is 1. The molecule has 0 spiro atoms. The third-order valence-electron chi connectivity index (χ3n) is 1.40. The topological polar surface area (TPSA) is 93.0 Å². The molecule has 6 nitrogen and oxygen atoms in total. The second-order valence-corrected chi connectivity index (χ2v) is 5.28. The molecule has 0 radical (unpaired) electrons. The molecular formula is C11H19NO5. The Morgan fingerprint density at radius 3 is 1.65 bits per heavy atom. The monoisotopic (exact) mass is 245 g/mol. The van der Waals surface area contributed by atoms with Crippen LogP contribution in [-0.4, -0.2) is 28.6 Å². The summed E-state index contributed by atoms with van der Waals surface area (Å²) >= 11 is 0. The van der Waals surface area contributed by atoms with Crippen LogP contribution in [0.3, 0.4) is 0 Å². The molecule has 0 unspecified atom stereocenters. The lowest BCUT2D eigenvalue weighted by atomic mass is 9.90. The van der Waals surface area contributed by atoms with Crippen LogP contribution in [0, 0.1) is 5.41 Å². The van der Waals surface area contributed by atoms with Gasteiger partial charge in [-0.2, -0.15) is 9.59 Å². The normalized spacial score (nSPS) is 12.0. The van der Waals surface area contributed by atoms with E-state index in [1.165, 1.54) is 0 Å². The molecule has 0 rings (SSSR count). The fourth-order valence-corrected chi connectivity index (χ4v) is 0.823. The number of hydrogen-bond acceptors (Lipinski definition) is 6. The minimum absolute atomic E-state index is 0.0347. The number of carbonyl (C=O) groups is 1. The van der Waals surface area contributed by atoms with Crippen LogP contribution in [0.15, 0.2) is 5.16 Å². The van der Waals surface area contributed by atoms with Crippen molar-refractivity contribution in [2.75, 3.05) is 0 Å². The van der Waals surface area contributed by atoms with Crippen LogP contribution >= 0.6 is 0 Å². The van der Waals surface area contributed by atoms with E-state index >= 15 is 0 Å². The molecule has 0 aromatic heterocycles. The molecule has 0 aliphatic carbocycles. The molecule has 0 aliphatic heterocycles. The van der Waals surface area contributed by atoms with Crippen LogP contribution in [0.4, 0.5) is 0 Å². The standard InChI is InChI=1S/C10H19NO3.CO2/c1-9(2,3)7(11-13)8(12)14-10(4,5)6;2-1-3/h13H,1-6H3;/b11-7+;. The molecule has 17 heavy (non-hydrogen) atoms. The van der Waals surface area contributed by atoms with E-state index in [0.717, 1.165) is 0 Å². The Labute approximate surface area is 101 Å². The van der Waals surface area contributed by atoms with Crippen LogP contribution in [0.2, 0.25) is 0 Å². The van der Waals surface area contributed by atoms with E-state index < -0.39 is 17.0 Å². The maximum atomic E-state index is 11.5. The summed E-state index contributed by atoms with van der Waals surface area (Å²) in [6.45, 7) is 10.7. The van der Waals surface area contributed by atoms with Gasteiger partial charge in [-0.25, -0.2) is 4.79 Å². The Bertz CT molecular complexity index is 314. The number of ether oxygens (including phenoxy) is 1. The Hall–Kier alpha value is -1.68. The molecule has 0 bridgehead atoms.